The fraction of sp³-hybridized carbons (Fsp3) is 0.517. The predicted molar refractivity (Wildman–Crippen MR) is 148 cm³/mol. The Morgan fingerprint density at radius 2 is 1.58 bits per heavy atom. The fourth-order valence-corrected chi connectivity index (χ4v) is 3.12. The van der Waals surface area contributed by atoms with Crippen LogP contribution < -0.4 is 5.32 Å². The molecule has 2 rings (SSSR count). The van der Waals surface area contributed by atoms with Gasteiger partial charge in [0, 0.05) is 44.6 Å². The minimum atomic E-state index is -0.467. The van der Waals surface area contributed by atoms with E-state index in [0.717, 1.165) is 5.56 Å². The minimum absolute atomic E-state index is 0. The van der Waals surface area contributed by atoms with Crippen molar-refractivity contribution in [3.05, 3.63) is 47.9 Å². The lowest BCUT2D eigenvalue weighted by Crippen LogP contribution is -2.42. The smallest absolute Gasteiger partial charge is 0.253 e. The van der Waals surface area contributed by atoms with Crippen molar-refractivity contribution in [3.8, 4) is 11.3 Å². The van der Waals surface area contributed by atoms with Crippen LogP contribution in [0.15, 0.2) is 36.7 Å². The van der Waals surface area contributed by atoms with Crippen molar-refractivity contribution in [1.29, 1.82) is 0 Å². The summed E-state index contributed by atoms with van der Waals surface area (Å²) < 4.78 is 11.2. The normalized spacial score (nSPS) is 11.3. The summed E-state index contributed by atoms with van der Waals surface area (Å²) in [4.78, 5) is 56.0. The summed E-state index contributed by atoms with van der Waals surface area (Å²) in [5, 5.41) is 2.87. The highest BCUT2D eigenvalue weighted by atomic mass is 16.5. The van der Waals surface area contributed by atoms with Gasteiger partial charge in [0.05, 0.1) is 43.7 Å². The van der Waals surface area contributed by atoms with Gasteiger partial charge in [-0.1, -0.05) is 34.6 Å². The third-order valence-corrected chi connectivity index (χ3v) is 5.40. The molecule has 9 heteroatoms. The van der Waals surface area contributed by atoms with Gasteiger partial charge < -0.3 is 14.8 Å². The van der Waals surface area contributed by atoms with Gasteiger partial charge in [0.2, 0.25) is 0 Å². The lowest BCUT2D eigenvalue weighted by Gasteiger charge is -2.19. The van der Waals surface area contributed by atoms with E-state index in [2.05, 4.69) is 15.3 Å². The SMILES string of the molecule is CC.CCC(=O)c1ccc(-c2ccc(C(=O)NC(COCCC(C)=O)COCCC(=O)C(C)C)cn2)cn1.[HH]. The van der Waals surface area contributed by atoms with Gasteiger partial charge in [-0.2, -0.15) is 0 Å². The molecule has 38 heavy (non-hydrogen) atoms. The van der Waals surface area contributed by atoms with Crippen LogP contribution in [0.3, 0.4) is 0 Å². The van der Waals surface area contributed by atoms with Crippen molar-refractivity contribution in [2.45, 2.75) is 66.8 Å². The maximum Gasteiger partial charge on any atom is 0.253 e. The van der Waals surface area contributed by atoms with Crippen molar-refractivity contribution >= 4 is 23.3 Å². The quantitative estimate of drug-likeness (QED) is 0.244. The summed E-state index contributed by atoms with van der Waals surface area (Å²) in [5.41, 5.74) is 2.12. The third-order valence-electron chi connectivity index (χ3n) is 5.40. The highest BCUT2D eigenvalue weighted by Crippen LogP contribution is 2.17. The zero-order chi connectivity index (χ0) is 28.5. The zero-order valence-corrected chi connectivity index (χ0v) is 23.4. The topological polar surface area (TPSA) is 125 Å². The van der Waals surface area contributed by atoms with Crippen molar-refractivity contribution in [2.24, 2.45) is 5.92 Å². The highest BCUT2D eigenvalue weighted by Gasteiger charge is 2.16. The van der Waals surface area contributed by atoms with E-state index in [1.165, 1.54) is 13.1 Å². The number of amides is 1. The second kappa shape index (κ2) is 18.0. The van der Waals surface area contributed by atoms with Crippen LogP contribution in [0.25, 0.3) is 11.3 Å². The Balaban J connectivity index is 0.00000470. The van der Waals surface area contributed by atoms with E-state index in [1.54, 1.807) is 37.4 Å². The number of hydrogen-bond acceptors (Lipinski definition) is 8. The van der Waals surface area contributed by atoms with E-state index in [1.807, 2.05) is 27.7 Å². The number of nitrogens with zero attached hydrogens (tertiary/aromatic N) is 2. The average molecular weight is 530 g/mol. The molecule has 2 aromatic rings. The monoisotopic (exact) mass is 529 g/mol. The third kappa shape index (κ3) is 11.8. The van der Waals surface area contributed by atoms with Gasteiger partial charge in [0.25, 0.3) is 5.91 Å². The number of carbonyl (C=O) groups excluding carboxylic acids is 4. The molecule has 2 heterocycles. The molecule has 0 saturated heterocycles. The van der Waals surface area contributed by atoms with E-state index in [4.69, 9.17) is 9.47 Å². The molecule has 0 saturated carbocycles. The second-order valence-corrected chi connectivity index (χ2v) is 8.78. The number of hydrogen-bond donors (Lipinski definition) is 1. The first-order chi connectivity index (χ1) is 18.2. The molecule has 9 nitrogen and oxygen atoms in total. The molecule has 2 aromatic heterocycles. The van der Waals surface area contributed by atoms with Gasteiger partial charge in [-0.25, -0.2) is 0 Å². The van der Waals surface area contributed by atoms with Crippen LogP contribution in [0.4, 0.5) is 0 Å². The van der Waals surface area contributed by atoms with Crippen molar-refractivity contribution in [3.63, 3.8) is 0 Å². The van der Waals surface area contributed by atoms with Crippen molar-refractivity contribution in [2.75, 3.05) is 26.4 Å². The summed E-state index contributed by atoms with van der Waals surface area (Å²) >= 11 is 0. The van der Waals surface area contributed by atoms with E-state index in [0.29, 0.717) is 29.8 Å². The van der Waals surface area contributed by atoms with E-state index in [9.17, 15) is 19.2 Å². The first-order valence-corrected chi connectivity index (χ1v) is 13.1. The first-order valence-electron chi connectivity index (χ1n) is 13.1. The fourth-order valence-electron chi connectivity index (χ4n) is 3.12. The molecule has 1 N–H and O–H groups in total. The van der Waals surface area contributed by atoms with Gasteiger partial charge >= 0.3 is 0 Å². The number of pyridine rings is 2. The number of Topliss-reactive ketones (excluding diaryl/α,β-unsaturated/α-hetero) is 3. The Morgan fingerprint density at radius 1 is 0.921 bits per heavy atom. The number of ether oxygens (including phenoxy) is 2. The van der Waals surface area contributed by atoms with Crippen LogP contribution in [0.5, 0.6) is 0 Å². The molecule has 1 atom stereocenters. The van der Waals surface area contributed by atoms with Crippen molar-refractivity contribution < 1.29 is 30.1 Å². The Kier molecular flexibility index (Phi) is 15.5. The van der Waals surface area contributed by atoms with Gasteiger partial charge in [-0.05, 0) is 31.2 Å². The van der Waals surface area contributed by atoms with Gasteiger partial charge in [0.15, 0.2) is 5.78 Å². The minimum Gasteiger partial charge on any atom is -0.379 e. The maximum absolute atomic E-state index is 12.8. The highest BCUT2D eigenvalue weighted by molar-refractivity contribution is 5.95. The molecule has 0 aromatic carbocycles. The Labute approximate surface area is 227 Å². The number of nitrogens with one attached hydrogen (secondary N) is 1. The Hall–Kier alpha value is -3.30. The van der Waals surface area contributed by atoms with E-state index in [-0.39, 0.29) is 63.4 Å². The molecule has 0 aliphatic rings. The molecule has 1 amide bonds. The predicted octanol–water partition coefficient (Wildman–Crippen LogP) is 4.73. The number of rotatable bonds is 16. The zero-order valence-electron chi connectivity index (χ0n) is 23.4. The summed E-state index contributed by atoms with van der Waals surface area (Å²) in [7, 11) is 0. The first kappa shape index (κ1) is 32.7. The molecular formula is C29H43N3O6. The standard InChI is InChI=1S/C27H35N3O6.C2H6.H2/c1-5-25(32)24-9-6-20(14-29-24)23-8-7-21(15-28-23)27(34)30-22(16-35-12-10-19(4)31)17-36-13-11-26(33)18(2)3;1-2;/h6-9,14-15,18,22H,5,10-13,16-17H2,1-4H3,(H,30,34);1-2H3;1H. The Bertz CT molecular complexity index is 1030. The van der Waals surface area contributed by atoms with E-state index >= 15 is 0 Å². The number of carbonyl (C=O) groups is 4. The average Bonchev–Trinajstić information content (AvgIpc) is 2.93. The summed E-state index contributed by atoms with van der Waals surface area (Å²) in [6, 6.07) is 6.33. The molecule has 0 fully saturated rings. The van der Waals surface area contributed by atoms with Crippen LogP contribution in [-0.4, -0.2) is 65.7 Å². The van der Waals surface area contributed by atoms with Gasteiger partial charge in [-0.15, -0.1) is 0 Å². The summed E-state index contributed by atoms with van der Waals surface area (Å²) in [6.07, 6.45) is 4.03. The molecule has 0 radical (unpaired) electrons. The lowest BCUT2D eigenvalue weighted by molar-refractivity contribution is -0.123. The van der Waals surface area contributed by atoms with Gasteiger partial charge in [-0.3, -0.25) is 29.1 Å². The molecular weight excluding hydrogens is 486 g/mol. The molecule has 0 bridgehead atoms. The molecule has 1 unspecified atom stereocenters. The van der Waals surface area contributed by atoms with Crippen LogP contribution in [0.1, 0.15) is 83.1 Å². The molecule has 210 valence electrons. The van der Waals surface area contributed by atoms with Gasteiger partial charge in [0.1, 0.15) is 17.3 Å². The summed E-state index contributed by atoms with van der Waals surface area (Å²) in [5.74, 6) is -0.301. The number of aromatic nitrogens is 2. The van der Waals surface area contributed by atoms with Crippen LogP contribution >= 0.6 is 0 Å². The second-order valence-electron chi connectivity index (χ2n) is 8.78. The lowest BCUT2D eigenvalue weighted by atomic mass is 10.1. The maximum atomic E-state index is 12.8. The summed E-state index contributed by atoms with van der Waals surface area (Å²) in [6.45, 7) is 11.8. The molecule has 0 aliphatic carbocycles. The van der Waals surface area contributed by atoms with Crippen LogP contribution in [0, 0.1) is 5.92 Å². The van der Waals surface area contributed by atoms with Crippen LogP contribution in [-0.2, 0) is 19.1 Å². The largest absolute Gasteiger partial charge is 0.379 e. The van der Waals surface area contributed by atoms with Crippen LogP contribution in [0.2, 0.25) is 0 Å². The van der Waals surface area contributed by atoms with Crippen molar-refractivity contribution in [1.82, 2.24) is 15.3 Å². The molecule has 0 spiro atoms. The van der Waals surface area contributed by atoms with E-state index < -0.39 is 6.04 Å². The Morgan fingerprint density at radius 3 is 2.08 bits per heavy atom. The molecule has 0 aliphatic heterocycles. The number of ketones is 3.